The lowest BCUT2D eigenvalue weighted by atomic mass is 10.3. The second-order valence-electron chi connectivity index (χ2n) is 4.62. The van der Waals surface area contributed by atoms with E-state index >= 15 is 0 Å². The number of aryl methyl sites for hydroxylation is 1. The number of halogens is 1. The van der Waals surface area contributed by atoms with Gasteiger partial charge in [0.05, 0.1) is 0 Å². The smallest absolute Gasteiger partial charge is 0.316 e. The fourth-order valence-corrected chi connectivity index (χ4v) is 2.15. The number of hydrogen-bond donors (Lipinski definition) is 2. The first-order valence-corrected chi connectivity index (χ1v) is 7.34. The van der Waals surface area contributed by atoms with E-state index in [0.29, 0.717) is 18.8 Å². The first-order chi connectivity index (χ1) is 9.45. The summed E-state index contributed by atoms with van der Waals surface area (Å²) in [7, 11) is 3.34. The molecular weight excluding hydrogens is 324 g/mol. The van der Waals surface area contributed by atoms with E-state index in [2.05, 4.69) is 33.5 Å². The molecule has 1 aromatic rings. The lowest BCUT2D eigenvalue weighted by molar-refractivity contribution is 0.0944. The minimum absolute atomic E-state index is 0.136. The van der Waals surface area contributed by atoms with Crippen LogP contribution in [0.2, 0.25) is 0 Å². The molecule has 112 valence electrons. The van der Waals surface area contributed by atoms with E-state index in [4.69, 9.17) is 0 Å². The summed E-state index contributed by atoms with van der Waals surface area (Å²) in [5.41, 5.74) is 0.623. The number of carbonyl (C=O) groups is 2. The van der Waals surface area contributed by atoms with Crippen molar-refractivity contribution in [1.82, 2.24) is 20.1 Å². The quantitative estimate of drug-likeness (QED) is 0.770. The van der Waals surface area contributed by atoms with Gasteiger partial charge in [-0.3, -0.25) is 4.79 Å². The highest BCUT2D eigenvalue weighted by Gasteiger charge is 2.12. The van der Waals surface area contributed by atoms with Crippen molar-refractivity contribution in [2.45, 2.75) is 19.9 Å². The molecule has 20 heavy (non-hydrogen) atoms. The van der Waals surface area contributed by atoms with E-state index < -0.39 is 0 Å². The van der Waals surface area contributed by atoms with Crippen molar-refractivity contribution in [3.63, 3.8) is 0 Å². The fourth-order valence-electron chi connectivity index (χ4n) is 1.69. The highest BCUT2D eigenvalue weighted by atomic mass is 79.9. The molecule has 0 saturated carbocycles. The van der Waals surface area contributed by atoms with Crippen LogP contribution in [-0.2, 0) is 6.54 Å². The average molecular weight is 345 g/mol. The van der Waals surface area contributed by atoms with Gasteiger partial charge >= 0.3 is 6.03 Å². The molecule has 3 amide bonds. The monoisotopic (exact) mass is 344 g/mol. The third-order valence-electron chi connectivity index (χ3n) is 2.65. The van der Waals surface area contributed by atoms with Gasteiger partial charge in [0.2, 0.25) is 0 Å². The van der Waals surface area contributed by atoms with Crippen molar-refractivity contribution < 1.29 is 9.59 Å². The lowest BCUT2D eigenvalue weighted by Gasteiger charge is -2.12. The Bertz CT molecular complexity index is 471. The summed E-state index contributed by atoms with van der Waals surface area (Å²) in [6.45, 7) is 3.66. The number of urea groups is 1. The summed E-state index contributed by atoms with van der Waals surface area (Å²) in [4.78, 5) is 24.8. The summed E-state index contributed by atoms with van der Waals surface area (Å²) in [6, 6.07) is 1.62. The molecule has 2 N–H and O–H groups in total. The van der Waals surface area contributed by atoms with Crippen LogP contribution in [0.15, 0.2) is 16.7 Å². The van der Waals surface area contributed by atoms with Crippen LogP contribution in [0.1, 0.15) is 23.8 Å². The summed E-state index contributed by atoms with van der Waals surface area (Å²) in [5.74, 6) is -0.136. The normalized spacial score (nSPS) is 10.2. The molecule has 1 aromatic heterocycles. The maximum Gasteiger partial charge on any atom is 0.316 e. The van der Waals surface area contributed by atoms with Crippen molar-refractivity contribution >= 4 is 27.9 Å². The Hall–Kier alpha value is -1.50. The molecule has 0 spiro atoms. The van der Waals surface area contributed by atoms with Gasteiger partial charge < -0.3 is 20.1 Å². The first kappa shape index (κ1) is 16.6. The average Bonchev–Trinajstić information content (AvgIpc) is 2.75. The van der Waals surface area contributed by atoms with E-state index in [9.17, 15) is 9.59 Å². The first-order valence-electron chi connectivity index (χ1n) is 6.54. The van der Waals surface area contributed by atoms with Gasteiger partial charge in [0.15, 0.2) is 0 Å². The molecule has 0 fully saturated rings. The Kier molecular flexibility index (Phi) is 6.57. The number of carbonyl (C=O) groups excluding carboxylic acids is 2. The number of rotatable bonds is 6. The number of hydrogen-bond acceptors (Lipinski definition) is 2. The van der Waals surface area contributed by atoms with Crippen molar-refractivity contribution in [3.8, 4) is 0 Å². The highest BCUT2D eigenvalue weighted by molar-refractivity contribution is 9.10. The van der Waals surface area contributed by atoms with Gasteiger partial charge in [0.1, 0.15) is 5.69 Å². The minimum Gasteiger partial charge on any atom is -0.349 e. The Balaban J connectivity index is 2.45. The summed E-state index contributed by atoms with van der Waals surface area (Å²) >= 11 is 3.37. The zero-order valence-corrected chi connectivity index (χ0v) is 13.7. The predicted octanol–water partition coefficient (Wildman–Crippen LogP) is 1.66. The number of aromatic nitrogens is 1. The van der Waals surface area contributed by atoms with Gasteiger partial charge in [-0.25, -0.2) is 4.79 Å². The highest BCUT2D eigenvalue weighted by Crippen LogP contribution is 2.15. The maximum absolute atomic E-state index is 12.1. The van der Waals surface area contributed by atoms with Crippen LogP contribution >= 0.6 is 15.9 Å². The molecule has 0 aliphatic carbocycles. The molecule has 0 radical (unpaired) electrons. The van der Waals surface area contributed by atoms with Crippen LogP contribution in [0.3, 0.4) is 0 Å². The Morgan fingerprint density at radius 2 is 1.95 bits per heavy atom. The Morgan fingerprint density at radius 1 is 1.30 bits per heavy atom. The summed E-state index contributed by atoms with van der Waals surface area (Å²) in [6.07, 6.45) is 2.85. The maximum atomic E-state index is 12.1. The number of nitrogens with zero attached hydrogens (tertiary/aromatic N) is 2. The number of amides is 3. The lowest BCUT2D eigenvalue weighted by Crippen LogP contribution is -2.39. The molecule has 1 heterocycles. The molecule has 0 bridgehead atoms. The molecular formula is C13H21BrN4O2. The SMILES string of the molecule is CCCn1cc(Br)cc1C(=O)NCCNC(=O)N(C)C. The van der Waals surface area contributed by atoms with Crippen LogP contribution in [0.4, 0.5) is 4.79 Å². The predicted molar refractivity (Wildman–Crippen MR) is 81.8 cm³/mol. The molecule has 0 atom stereocenters. The van der Waals surface area contributed by atoms with E-state index in [1.54, 1.807) is 20.2 Å². The number of nitrogens with one attached hydrogen (secondary N) is 2. The van der Waals surface area contributed by atoms with Crippen LogP contribution in [0.25, 0.3) is 0 Å². The van der Waals surface area contributed by atoms with Gasteiger partial charge in [0, 0.05) is 44.4 Å². The van der Waals surface area contributed by atoms with Gasteiger partial charge in [0.25, 0.3) is 5.91 Å². The van der Waals surface area contributed by atoms with E-state index in [1.807, 2.05) is 10.8 Å². The van der Waals surface area contributed by atoms with Crippen LogP contribution in [-0.4, -0.2) is 48.6 Å². The molecule has 1 rings (SSSR count). The topological polar surface area (TPSA) is 66.4 Å². The van der Waals surface area contributed by atoms with Crippen molar-refractivity contribution in [2.24, 2.45) is 0 Å². The molecule has 0 aliphatic rings. The largest absolute Gasteiger partial charge is 0.349 e. The fraction of sp³-hybridized carbons (Fsp3) is 0.538. The zero-order chi connectivity index (χ0) is 15.1. The Labute approximate surface area is 127 Å². The second kappa shape index (κ2) is 7.94. The van der Waals surface area contributed by atoms with Gasteiger partial charge in [-0.15, -0.1) is 0 Å². The standard InChI is InChI=1S/C13H21BrN4O2/c1-4-7-18-9-10(14)8-11(18)12(19)15-5-6-16-13(20)17(2)3/h8-9H,4-7H2,1-3H3,(H,15,19)(H,16,20). The van der Waals surface area contributed by atoms with E-state index in [0.717, 1.165) is 17.4 Å². The van der Waals surface area contributed by atoms with Crippen molar-refractivity contribution in [1.29, 1.82) is 0 Å². The third-order valence-corrected chi connectivity index (χ3v) is 3.09. The van der Waals surface area contributed by atoms with E-state index in [-0.39, 0.29) is 11.9 Å². The molecule has 0 unspecified atom stereocenters. The zero-order valence-electron chi connectivity index (χ0n) is 12.1. The van der Waals surface area contributed by atoms with Crippen molar-refractivity contribution in [2.75, 3.05) is 27.2 Å². The van der Waals surface area contributed by atoms with Gasteiger partial charge in [-0.1, -0.05) is 6.92 Å². The summed E-state index contributed by atoms with van der Waals surface area (Å²) < 4.78 is 2.80. The summed E-state index contributed by atoms with van der Waals surface area (Å²) in [5, 5.41) is 5.48. The molecule has 7 heteroatoms. The molecule has 0 saturated heterocycles. The third kappa shape index (κ3) is 4.88. The van der Waals surface area contributed by atoms with E-state index in [1.165, 1.54) is 4.90 Å². The molecule has 0 aliphatic heterocycles. The molecule has 0 aromatic carbocycles. The van der Waals surface area contributed by atoms with Gasteiger partial charge in [-0.2, -0.15) is 0 Å². The van der Waals surface area contributed by atoms with Crippen LogP contribution < -0.4 is 10.6 Å². The van der Waals surface area contributed by atoms with Crippen molar-refractivity contribution in [3.05, 3.63) is 22.4 Å². The van der Waals surface area contributed by atoms with Crippen LogP contribution in [0, 0.1) is 0 Å². The van der Waals surface area contributed by atoms with Gasteiger partial charge in [-0.05, 0) is 28.4 Å². The van der Waals surface area contributed by atoms with Crippen LogP contribution in [0.5, 0.6) is 0 Å². The molecule has 6 nitrogen and oxygen atoms in total. The second-order valence-corrected chi connectivity index (χ2v) is 5.53. The Morgan fingerprint density at radius 3 is 2.55 bits per heavy atom. The minimum atomic E-state index is -0.170.